The molecule has 0 radical (unpaired) electrons. The fourth-order valence-corrected chi connectivity index (χ4v) is 3.47. The lowest BCUT2D eigenvalue weighted by Gasteiger charge is -2.19. The van der Waals surface area contributed by atoms with Crippen LogP contribution in [0.15, 0.2) is 54.7 Å². The molecule has 0 amide bonds. The molecule has 6 nitrogen and oxygen atoms in total. The first-order valence-electron chi connectivity index (χ1n) is 8.53. The number of nitrogens with zero attached hydrogens (tertiary/aromatic N) is 3. The van der Waals surface area contributed by atoms with Crippen molar-refractivity contribution in [1.29, 1.82) is 5.26 Å². The third-order valence-electron chi connectivity index (χ3n) is 4.86. The summed E-state index contributed by atoms with van der Waals surface area (Å²) < 4.78 is 6.47. The minimum absolute atomic E-state index is 0.128. The summed E-state index contributed by atoms with van der Waals surface area (Å²) in [5.41, 5.74) is 10.9. The van der Waals surface area contributed by atoms with Crippen LogP contribution < -0.4 is 10.6 Å². The lowest BCUT2D eigenvalue weighted by molar-refractivity contribution is 0.0593. The van der Waals surface area contributed by atoms with Crippen LogP contribution in [0.5, 0.6) is 0 Å². The first kappa shape index (κ1) is 16.7. The van der Waals surface area contributed by atoms with Crippen LogP contribution in [-0.4, -0.2) is 17.6 Å². The number of anilines is 2. The molecule has 2 N–H and O–H groups in total. The zero-order chi connectivity index (χ0) is 19.0. The van der Waals surface area contributed by atoms with Crippen molar-refractivity contribution in [2.75, 3.05) is 17.7 Å². The van der Waals surface area contributed by atoms with E-state index >= 15 is 0 Å². The summed E-state index contributed by atoms with van der Waals surface area (Å²) in [6.07, 6.45) is 1.57. The number of carbonyl (C=O) groups excluding carboxylic acids is 1. The molecule has 0 fully saturated rings. The molecule has 2 heterocycles. The molecule has 0 unspecified atom stereocenters. The van der Waals surface area contributed by atoms with E-state index in [4.69, 9.17) is 10.5 Å². The van der Waals surface area contributed by atoms with Gasteiger partial charge in [-0.3, -0.25) is 0 Å². The first-order valence-corrected chi connectivity index (χ1v) is 8.53. The number of esters is 1. The molecule has 0 spiro atoms. The fourth-order valence-electron chi connectivity index (χ4n) is 3.47. The second kappa shape index (κ2) is 6.54. The van der Waals surface area contributed by atoms with Crippen LogP contribution in [0.2, 0.25) is 0 Å². The van der Waals surface area contributed by atoms with Crippen molar-refractivity contribution < 1.29 is 9.53 Å². The SMILES string of the molecule is COC(=O)c1c(N)c(C#N)cn1-c1cccc(N2Cc3ccccc3C2)c1. The van der Waals surface area contributed by atoms with E-state index in [2.05, 4.69) is 17.0 Å². The minimum atomic E-state index is -0.576. The van der Waals surface area contributed by atoms with Crippen molar-refractivity contribution in [2.24, 2.45) is 0 Å². The molecule has 1 aliphatic heterocycles. The van der Waals surface area contributed by atoms with Crippen LogP contribution in [-0.2, 0) is 17.8 Å². The Labute approximate surface area is 157 Å². The summed E-state index contributed by atoms with van der Waals surface area (Å²) in [6.45, 7) is 1.67. The number of carbonyl (C=O) groups is 1. The van der Waals surface area contributed by atoms with Crippen LogP contribution in [0.4, 0.5) is 11.4 Å². The molecule has 4 rings (SSSR count). The van der Waals surface area contributed by atoms with Crippen LogP contribution in [0.25, 0.3) is 5.69 Å². The van der Waals surface area contributed by atoms with Crippen molar-refractivity contribution in [3.8, 4) is 11.8 Å². The number of aromatic nitrogens is 1. The van der Waals surface area contributed by atoms with E-state index in [1.165, 1.54) is 18.2 Å². The highest BCUT2D eigenvalue weighted by Crippen LogP contribution is 2.31. The Balaban J connectivity index is 1.74. The summed E-state index contributed by atoms with van der Waals surface area (Å²) in [4.78, 5) is 14.5. The second-order valence-electron chi connectivity index (χ2n) is 6.42. The minimum Gasteiger partial charge on any atom is -0.464 e. The number of nitrogens with two attached hydrogens (primary N) is 1. The number of hydrogen-bond acceptors (Lipinski definition) is 5. The fraction of sp³-hybridized carbons (Fsp3) is 0.143. The molecular formula is C21H18N4O2. The lowest BCUT2D eigenvalue weighted by atomic mass is 10.1. The lowest BCUT2D eigenvalue weighted by Crippen LogP contribution is -2.15. The molecule has 0 atom stereocenters. The third kappa shape index (κ3) is 2.79. The van der Waals surface area contributed by atoms with Gasteiger partial charge in [0.15, 0.2) is 5.69 Å². The van der Waals surface area contributed by atoms with Crippen LogP contribution >= 0.6 is 0 Å². The van der Waals surface area contributed by atoms with Gasteiger partial charge in [-0.1, -0.05) is 30.3 Å². The quantitative estimate of drug-likeness (QED) is 0.727. The molecule has 6 heteroatoms. The highest BCUT2D eigenvalue weighted by Gasteiger charge is 2.23. The van der Waals surface area contributed by atoms with Crippen molar-refractivity contribution in [1.82, 2.24) is 4.57 Å². The van der Waals surface area contributed by atoms with Gasteiger partial charge in [0.25, 0.3) is 0 Å². The van der Waals surface area contributed by atoms with E-state index in [1.54, 1.807) is 10.8 Å². The highest BCUT2D eigenvalue weighted by molar-refractivity contribution is 5.96. The molecule has 0 bridgehead atoms. The van der Waals surface area contributed by atoms with Crippen LogP contribution in [0.3, 0.4) is 0 Å². The Kier molecular flexibility index (Phi) is 4.05. The van der Waals surface area contributed by atoms with Gasteiger partial charge >= 0.3 is 5.97 Å². The molecular weight excluding hydrogens is 340 g/mol. The summed E-state index contributed by atoms with van der Waals surface area (Å²) in [6, 6.07) is 18.2. The number of ether oxygens (including phenoxy) is 1. The normalized spacial score (nSPS) is 12.5. The van der Waals surface area contributed by atoms with E-state index in [0.29, 0.717) is 0 Å². The van der Waals surface area contributed by atoms with Gasteiger partial charge in [-0.05, 0) is 29.3 Å². The molecule has 1 aliphatic rings. The molecule has 2 aromatic carbocycles. The van der Waals surface area contributed by atoms with Gasteiger partial charge in [-0.2, -0.15) is 5.26 Å². The second-order valence-corrected chi connectivity index (χ2v) is 6.42. The van der Waals surface area contributed by atoms with Crippen molar-refractivity contribution in [3.63, 3.8) is 0 Å². The number of nitrogen functional groups attached to an aromatic ring is 1. The number of methoxy groups -OCH3 is 1. The maximum atomic E-state index is 12.2. The van der Waals surface area contributed by atoms with Crippen molar-refractivity contribution >= 4 is 17.3 Å². The van der Waals surface area contributed by atoms with E-state index in [1.807, 2.05) is 42.5 Å². The molecule has 27 heavy (non-hydrogen) atoms. The summed E-state index contributed by atoms with van der Waals surface area (Å²) in [5.74, 6) is -0.576. The van der Waals surface area contributed by atoms with E-state index in [0.717, 1.165) is 24.5 Å². The Morgan fingerprint density at radius 3 is 2.41 bits per heavy atom. The van der Waals surface area contributed by atoms with Gasteiger partial charge in [0.05, 0.1) is 18.4 Å². The largest absolute Gasteiger partial charge is 0.464 e. The summed E-state index contributed by atoms with van der Waals surface area (Å²) in [7, 11) is 1.29. The zero-order valence-corrected chi connectivity index (χ0v) is 14.8. The van der Waals surface area contributed by atoms with Gasteiger partial charge in [0.2, 0.25) is 0 Å². The topological polar surface area (TPSA) is 84.3 Å². The molecule has 1 aromatic heterocycles. The molecule has 0 saturated carbocycles. The number of hydrogen-bond donors (Lipinski definition) is 1. The summed E-state index contributed by atoms with van der Waals surface area (Å²) in [5, 5.41) is 9.28. The van der Waals surface area contributed by atoms with Gasteiger partial charge in [-0.15, -0.1) is 0 Å². The molecule has 134 valence electrons. The Hall–Kier alpha value is -3.72. The first-order chi connectivity index (χ1) is 13.1. The average molecular weight is 358 g/mol. The van der Waals surface area contributed by atoms with E-state index in [-0.39, 0.29) is 16.9 Å². The Morgan fingerprint density at radius 2 is 1.78 bits per heavy atom. The zero-order valence-electron chi connectivity index (χ0n) is 14.8. The molecule has 0 aliphatic carbocycles. The van der Waals surface area contributed by atoms with E-state index in [9.17, 15) is 10.1 Å². The highest BCUT2D eigenvalue weighted by atomic mass is 16.5. The maximum Gasteiger partial charge on any atom is 0.357 e. The smallest absolute Gasteiger partial charge is 0.357 e. The predicted octanol–water partition coefficient (Wildman–Crippen LogP) is 3.24. The van der Waals surface area contributed by atoms with Gasteiger partial charge in [-0.25, -0.2) is 4.79 Å². The van der Waals surface area contributed by atoms with Gasteiger partial charge in [0, 0.05) is 30.7 Å². The Morgan fingerprint density at radius 1 is 1.11 bits per heavy atom. The maximum absolute atomic E-state index is 12.2. The average Bonchev–Trinajstić information content (AvgIpc) is 3.28. The monoisotopic (exact) mass is 358 g/mol. The number of fused-ring (bicyclic) bond motifs is 1. The third-order valence-corrected chi connectivity index (χ3v) is 4.86. The van der Waals surface area contributed by atoms with Crippen molar-refractivity contribution in [2.45, 2.75) is 13.1 Å². The van der Waals surface area contributed by atoms with Crippen molar-refractivity contribution in [3.05, 3.63) is 77.1 Å². The van der Waals surface area contributed by atoms with Gasteiger partial charge < -0.3 is 19.9 Å². The number of rotatable bonds is 3. The predicted molar refractivity (Wildman–Crippen MR) is 103 cm³/mol. The van der Waals surface area contributed by atoms with E-state index < -0.39 is 5.97 Å². The number of nitriles is 1. The standard InChI is InChI=1S/C21H18N4O2/c1-27-21(26)20-19(23)16(10-22)13-25(20)18-8-4-7-17(9-18)24-11-14-5-2-3-6-15(14)12-24/h2-9,13H,11-12,23H2,1H3. The molecule has 0 saturated heterocycles. The Bertz CT molecular complexity index is 1050. The van der Waals surface area contributed by atoms with Crippen LogP contribution in [0, 0.1) is 11.3 Å². The van der Waals surface area contributed by atoms with Gasteiger partial charge in [0.1, 0.15) is 6.07 Å². The summed E-state index contributed by atoms with van der Waals surface area (Å²) >= 11 is 0. The molecule has 3 aromatic rings. The van der Waals surface area contributed by atoms with Crippen LogP contribution in [0.1, 0.15) is 27.2 Å². The number of benzene rings is 2.